The molecule has 4 rings (SSSR count). The maximum absolute atomic E-state index is 13.2. The Kier molecular flexibility index (Phi) is 6.04. The van der Waals surface area contributed by atoms with Crippen LogP contribution in [0.15, 0.2) is 48.5 Å². The highest BCUT2D eigenvalue weighted by Crippen LogP contribution is 2.31. The van der Waals surface area contributed by atoms with Gasteiger partial charge in [-0.15, -0.1) is 0 Å². The average Bonchev–Trinajstić information content (AvgIpc) is 3.20. The van der Waals surface area contributed by atoms with Crippen LogP contribution in [-0.4, -0.2) is 68.4 Å². The molecule has 10 heteroatoms. The van der Waals surface area contributed by atoms with Gasteiger partial charge in [0.25, 0.3) is 23.6 Å². The molecule has 0 aliphatic carbocycles. The number of ether oxygens (including phenoxy) is 1. The topological polar surface area (TPSA) is 147 Å². The van der Waals surface area contributed by atoms with Gasteiger partial charge in [-0.25, -0.2) is 4.79 Å². The summed E-state index contributed by atoms with van der Waals surface area (Å²) in [6.45, 7) is 4.89. The van der Waals surface area contributed by atoms with E-state index in [-0.39, 0.29) is 22.3 Å². The zero-order valence-corrected chi connectivity index (χ0v) is 19.4. The zero-order valence-electron chi connectivity index (χ0n) is 19.4. The predicted molar refractivity (Wildman–Crippen MR) is 123 cm³/mol. The Morgan fingerprint density at radius 1 is 0.829 bits per heavy atom. The lowest BCUT2D eigenvalue weighted by Gasteiger charge is -2.37. The van der Waals surface area contributed by atoms with E-state index < -0.39 is 59.9 Å². The molecule has 4 amide bonds. The van der Waals surface area contributed by atoms with Crippen molar-refractivity contribution in [3.63, 3.8) is 0 Å². The number of nitrogens with zero attached hydrogens (tertiary/aromatic N) is 2. The highest BCUT2D eigenvalue weighted by molar-refractivity contribution is 6.22. The van der Waals surface area contributed by atoms with E-state index in [1.807, 2.05) is 0 Å². The van der Waals surface area contributed by atoms with Crippen molar-refractivity contribution in [2.75, 3.05) is 0 Å². The fraction of sp³-hybridized carbons (Fsp3) is 0.320. The van der Waals surface area contributed by atoms with Gasteiger partial charge in [0.05, 0.1) is 40.1 Å². The Balaban J connectivity index is 1.72. The number of carbonyl (C=O) groups excluding carboxylic acids is 4. The van der Waals surface area contributed by atoms with E-state index in [2.05, 4.69) is 0 Å². The smallest absolute Gasteiger partial charge is 0.335 e. The predicted octanol–water partition coefficient (Wildman–Crippen LogP) is 1.89. The summed E-state index contributed by atoms with van der Waals surface area (Å²) in [5.41, 5.74) is 5.92. The lowest BCUT2D eigenvalue weighted by Crippen LogP contribution is -2.57. The number of carboxylic acids is 1. The molecular weight excluding hydrogens is 454 g/mol. The monoisotopic (exact) mass is 479 g/mol. The molecule has 0 aromatic heterocycles. The molecule has 2 aliphatic heterocycles. The van der Waals surface area contributed by atoms with Crippen molar-refractivity contribution in [3.05, 3.63) is 70.8 Å². The number of aliphatic carboxylic acids is 1. The minimum absolute atomic E-state index is 0.122. The number of nitrogens with two attached hydrogens (primary N) is 1. The molecule has 2 heterocycles. The third-order valence-corrected chi connectivity index (χ3v) is 5.87. The molecule has 0 saturated heterocycles. The fourth-order valence-electron chi connectivity index (χ4n) is 4.41. The van der Waals surface area contributed by atoms with Gasteiger partial charge in [0.1, 0.15) is 0 Å². The molecule has 0 saturated carbocycles. The Bertz CT molecular complexity index is 1180. The first-order valence-electron chi connectivity index (χ1n) is 11.0. The third-order valence-electron chi connectivity index (χ3n) is 5.87. The second-order valence-electron chi connectivity index (χ2n) is 9.41. The molecule has 0 radical (unpaired) electrons. The first-order chi connectivity index (χ1) is 16.4. The molecule has 182 valence electrons. The highest BCUT2D eigenvalue weighted by Gasteiger charge is 2.49. The minimum atomic E-state index is -1.67. The minimum Gasteiger partial charge on any atom is -0.479 e. The van der Waals surface area contributed by atoms with E-state index in [9.17, 15) is 29.1 Å². The van der Waals surface area contributed by atoms with E-state index in [0.29, 0.717) is 0 Å². The van der Waals surface area contributed by atoms with E-state index in [1.54, 1.807) is 45.0 Å². The van der Waals surface area contributed by atoms with Crippen LogP contribution >= 0.6 is 0 Å². The van der Waals surface area contributed by atoms with E-state index in [1.165, 1.54) is 24.3 Å². The highest BCUT2D eigenvalue weighted by atomic mass is 16.5. The fourth-order valence-corrected chi connectivity index (χ4v) is 4.41. The summed E-state index contributed by atoms with van der Waals surface area (Å²) >= 11 is 0. The maximum Gasteiger partial charge on any atom is 0.335 e. The van der Waals surface area contributed by atoms with Crippen molar-refractivity contribution in [1.82, 2.24) is 9.80 Å². The van der Waals surface area contributed by atoms with Crippen LogP contribution < -0.4 is 5.73 Å². The Labute approximate surface area is 201 Å². The van der Waals surface area contributed by atoms with E-state index >= 15 is 0 Å². The lowest BCUT2D eigenvalue weighted by molar-refractivity contribution is -0.166. The molecule has 0 spiro atoms. The summed E-state index contributed by atoms with van der Waals surface area (Å²) in [6, 6.07) is 10.9. The van der Waals surface area contributed by atoms with Crippen molar-refractivity contribution in [1.29, 1.82) is 0 Å². The lowest BCUT2D eigenvalue weighted by atomic mass is 10.0. The normalized spacial score (nSPS) is 17.9. The van der Waals surface area contributed by atoms with Crippen LogP contribution in [-0.2, 0) is 9.53 Å². The number of imide groups is 2. The van der Waals surface area contributed by atoms with Gasteiger partial charge in [0, 0.05) is 6.42 Å². The van der Waals surface area contributed by atoms with Gasteiger partial charge in [0.2, 0.25) is 0 Å². The number of amides is 4. The second kappa shape index (κ2) is 8.71. The zero-order chi connectivity index (χ0) is 25.7. The number of fused-ring (bicyclic) bond motifs is 2. The summed E-state index contributed by atoms with van der Waals surface area (Å²) in [5.74, 6) is -4.09. The molecule has 3 unspecified atom stereocenters. The van der Waals surface area contributed by atoms with Crippen molar-refractivity contribution >= 4 is 29.6 Å². The van der Waals surface area contributed by atoms with Crippen LogP contribution in [0.25, 0.3) is 0 Å². The summed E-state index contributed by atoms with van der Waals surface area (Å²) in [5, 5.41) is 10.0. The number of hydrogen-bond acceptors (Lipinski definition) is 7. The van der Waals surface area contributed by atoms with Crippen LogP contribution in [0.5, 0.6) is 0 Å². The molecule has 0 fully saturated rings. The summed E-state index contributed by atoms with van der Waals surface area (Å²) in [7, 11) is 0. The molecule has 2 aromatic rings. The quantitative estimate of drug-likeness (QED) is 0.572. The Morgan fingerprint density at radius 2 is 1.20 bits per heavy atom. The molecule has 3 atom stereocenters. The molecule has 0 bridgehead atoms. The van der Waals surface area contributed by atoms with Crippen molar-refractivity contribution in [2.45, 2.75) is 51.1 Å². The molecular formula is C25H25N3O7. The second-order valence-corrected chi connectivity index (χ2v) is 9.41. The van der Waals surface area contributed by atoms with Gasteiger partial charge in [-0.1, -0.05) is 24.3 Å². The van der Waals surface area contributed by atoms with Gasteiger partial charge >= 0.3 is 5.97 Å². The van der Waals surface area contributed by atoms with Crippen molar-refractivity contribution in [2.24, 2.45) is 5.73 Å². The Morgan fingerprint density at radius 3 is 1.54 bits per heavy atom. The van der Waals surface area contributed by atoms with Crippen LogP contribution in [0.4, 0.5) is 0 Å². The van der Waals surface area contributed by atoms with Gasteiger partial charge in [0.15, 0.2) is 6.10 Å². The van der Waals surface area contributed by atoms with Crippen LogP contribution in [0, 0.1) is 0 Å². The van der Waals surface area contributed by atoms with Gasteiger partial charge < -0.3 is 15.6 Å². The standard InChI is InChI=1S/C25H25N3O7/c1-25(2,3)35-19(24(33)34)17(27-20(29)13-8-4-5-9-14(13)21(27)30)12-18(26)28-22(31)15-10-6-7-11-16(15)23(28)32/h4-11,17-19H,12,26H2,1-3H3,(H,33,34). The van der Waals surface area contributed by atoms with Crippen LogP contribution in [0.2, 0.25) is 0 Å². The molecule has 35 heavy (non-hydrogen) atoms. The molecule has 2 aromatic carbocycles. The van der Waals surface area contributed by atoms with Crippen molar-refractivity contribution in [3.8, 4) is 0 Å². The SMILES string of the molecule is CC(C)(C)OC(C(=O)O)C(CC(N)N1C(=O)c2ccccc2C1=O)N1C(=O)c2ccccc2C1=O. The van der Waals surface area contributed by atoms with Gasteiger partial charge in [-0.05, 0) is 45.0 Å². The molecule has 10 nitrogen and oxygen atoms in total. The first kappa shape index (κ1) is 24.2. The maximum atomic E-state index is 13.2. The number of carbonyl (C=O) groups is 5. The summed E-state index contributed by atoms with van der Waals surface area (Å²) in [4.78, 5) is 66.2. The number of benzene rings is 2. The van der Waals surface area contributed by atoms with E-state index in [0.717, 1.165) is 9.80 Å². The number of rotatable bonds is 7. The first-order valence-corrected chi connectivity index (χ1v) is 11.0. The summed E-state index contributed by atoms with van der Waals surface area (Å²) in [6.07, 6.45) is -3.40. The molecule has 2 aliphatic rings. The third kappa shape index (κ3) is 4.22. The van der Waals surface area contributed by atoms with Crippen molar-refractivity contribution < 1.29 is 33.8 Å². The van der Waals surface area contributed by atoms with E-state index in [4.69, 9.17) is 10.5 Å². The van der Waals surface area contributed by atoms with Gasteiger partial charge in [-0.2, -0.15) is 0 Å². The van der Waals surface area contributed by atoms with Crippen LogP contribution in [0.3, 0.4) is 0 Å². The largest absolute Gasteiger partial charge is 0.479 e. The van der Waals surface area contributed by atoms with Gasteiger partial charge in [-0.3, -0.25) is 29.0 Å². The number of hydrogen-bond donors (Lipinski definition) is 2. The molecule has 3 N–H and O–H groups in total. The Hall–Kier alpha value is -3.89. The number of carboxylic acid groups (broad SMARTS) is 1. The van der Waals surface area contributed by atoms with Crippen LogP contribution in [0.1, 0.15) is 68.6 Å². The summed E-state index contributed by atoms with van der Waals surface area (Å²) < 4.78 is 5.76. The average molecular weight is 479 g/mol.